The van der Waals surface area contributed by atoms with Crippen molar-refractivity contribution in [2.24, 2.45) is 0 Å². The number of carbonyl (C=O) groups excluding carboxylic acids is 1. The fraction of sp³-hybridized carbons (Fsp3) is 0.192. The maximum absolute atomic E-state index is 12.6. The van der Waals surface area contributed by atoms with Gasteiger partial charge in [-0.3, -0.25) is 9.36 Å². The van der Waals surface area contributed by atoms with Crippen molar-refractivity contribution in [3.8, 4) is 16.8 Å². The van der Waals surface area contributed by atoms with Crippen LogP contribution in [0.25, 0.3) is 27.7 Å². The SMILES string of the molecule is Cc1ccc(C(=O)NC2CC2)cc1-c1ccc2c(cnc(=O)n2-c2ccccc2C)c1. The summed E-state index contributed by atoms with van der Waals surface area (Å²) in [5.41, 5.74) is 6.07. The number of fused-ring (bicyclic) bond motifs is 1. The van der Waals surface area contributed by atoms with Gasteiger partial charge in [0.1, 0.15) is 0 Å². The van der Waals surface area contributed by atoms with Crippen LogP contribution < -0.4 is 11.0 Å². The van der Waals surface area contributed by atoms with E-state index >= 15 is 0 Å². The van der Waals surface area contributed by atoms with Crippen molar-refractivity contribution in [3.63, 3.8) is 0 Å². The molecule has 0 spiro atoms. The number of amides is 1. The minimum atomic E-state index is -0.301. The Morgan fingerprint density at radius 1 is 1.00 bits per heavy atom. The topological polar surface area (TPSA) is 64.0 Å². The second-order valence-corrected chi connectivity index (χ2v) is 8.21. The van der Waals surface area contributed by atoms with E-state index in [0.29, 0.717) is 11.6 Å². The minimum Gasteiger partial charge on any atom is -0.349 e. The van der Waals surface area contributed by atoms with Crippen molar-refractivity contribution in [2.45, 2.75) is 32.7 Å². The molecule has 1 heterocycles. The number of nitrogens with one attached hydrogen (secondary N) is 1. The van der Waals surface area contributed by atoms with E-state index in [0.717, 1.165) is 51.7 Å². The van der Waals surface area contributed by atoms with Crippen LogP contribution >= 0.6 is 0 Å². The van der Waals surface area contributed by atoms with Crippen LogP contribution in [0.2, 0.25) is 0 Å². The van der Waals surface area contributed by atoms with E-state index in [2.05, 4.69) is 10.3 Å². The average molecular weight is 409 g/mol. The molecular weight excluding hydrogens is 386 g/mol. The molecule has 3 aromatic carbocycles. The zero-order valence-corrected chi connectivity index (χ0v) is 17.6. The Hall–Kier alpha value is -3.73. The smallest absolute Gasteiger partial charge is 0.349 e. The van der Waals surface area contributed by atoms with Crippen LogP contribution in [0, 0.1) is 13.8 Å². The minimum absolute atomic E-state index is 0.0282. The fourth-order valence-electron chi connectivity index (χ4n) is 3.93. The third-order valence-corrected chi connectivity index (χ3v) is 5.85. The van der Waals surface area contributed by atoms with E-state index in [4.69, 9.17) is 0 Å². The highest BCUT2D eigenvalue weighted by molar-refractivity contribution is 5.96. The Morgan fingerprint density at radius 2 is 1.81 bits per heavy atom. The van der Waals surface area contributed by atoms with Crippen LogP contribution in [-0.4, -0.2) is 21.5 Å². The van der Waals surface area contributed by atoms with Crippen molar-refractivity contribution in [1.29, 1.82) is 0 Å². The lowest BCUT2D eigenvalue weighted by molar-refractivity contribution is 0.0951. The van der Waals surface area contributed by atoms with Gasteiger partial charge in [0.05, 0.1) is 11.2 Å². The van der Waals surface area contributed by atoms with E-state index in [1.807, 2.05) is 74.5 Å². The van der Waals surface area contributed by atoms with Gasteiger partial charge in [-0.25, -0.2) is 9.78 Å². The van der Waals surface area contributed by atoms with Crippen molar-refractivity contribution in [2.75, 3.05) is 0 Å². The summed E-state index contributed by atoms with van der Waals surface area (Å²) in [5, 5.41) is 3.92. The van der Waals surface area contributed by atoms with Gasteiger partial charge in [0.15, 0.2) is 0 Å². The molecule has 5 nitrogen and oxygen atoms in total. The zero-order chi connectivity index (χ0) is 21.5. The van der Waals surface area contributed by atoms with Gasteiger partial charge in [-0.1, -0.05) is 30.3 Å². The number of aromatic nitrogens is 2. The summed E-state index contributed by atoms with van der Waals surface area (Å²) in [6, 6.07) is 19.9. The van der Waals surface area contributed by atoms with Gasteiger partial charge in [0.25, 0.3) is 5.91 Å². The molecule has 31 heavy (non-hydrogen) atoms. The Bertz CT molecular complexity index is 1380. The molecule has 5 rings (SSSR count). The van der Waals surface area contributed by atoms with Crippen LogP contribution in [0.1, 0.15) is 34.3 Å². The molecule has 0 unspecified atom stereocenters. The van der Waals surface area contributed by atoms with Gasteiger partial charge in [0.2, 0.25) is 0 Å². The molecule has 1 N–H and O–H groups in total. The molecule has 0 atom stereocenters. The number of aryl methyl sites for hydroxylation is 2. The molecule has 1 aromatic heterocycles. The molecule has 1 aliphatic carbocycles. The molecule has 0 radical (unpaired) electrons. The lowest BCUT2D eigenvalue weighted by Crippen LogP contribution is -2.25. The Kier molecular flexibility index (Phi) is 4.66. The van der Waals surface area contributed by atoms with E-state index in [9.17, 15) is 9.59 Å². The molecule has 4 aromatic rings. The second kappa shape index (κ2) is 7.51. The van der Waals surface area contributed by atoms with E-state index < -0.39 is 0 Å². The highest BCUT2D eigenvalue weighted by Gasteiger charge is 2.24. The van der Waals surface area contributed by atoms with Crippen LogP contribution in [0.3, 0.4) is 0 Å². The normalized spacial score (nSPS) is 13.4. The molecule has 0 saturated heterocycles. The third kappa shape index (κ3) is 3.63. The molecule has 0 aliphatic heterocycles. The summed E-state index contributed by atoms with van der Waals surface area (Å²) in [7, 11) is 0. The number of hydrogen-bond acceptors (Lipinski definition) is 3. The first kappa shape index (κ1) is 19.2. The number of hydrogen-bond donors (Lipinski definition) is 1. The van der Waals surface area contributed by atoms with Crippen molar-refractivity contribution >= 4 is 16.8 Å². The van der Waals surface area contributed by atoms with Crippen molar-refractivity contribution in [1.82, 2.24) is 14.9 Å². The summed E-state index contributed by atoms with van der Waals surface area (Å²) in [6.45, 7) is 4.02. The highest BCUT2D eigenvalue weighted by atomic mass is 16.2. The number of carbonyl (C=O) groups is 1. The van der Waals surface area contributed by atoms with Crippen LogP contribution in [0.5, 0.6) is 0 Å². The summed E-state index contributed by atoms with van der Waals surface area (Å²) < 4.78 is 1.65. The monoisotopic (exact) mass is 409 g/mol. The first-order valence-electron chi connectivity index (χ1n) is 10.5. The Labute approximate surface area is 180 Å². The number of nitrogens with zero attached hydrogens (tertiary/aromatic N) is 2. The molecule has 5 heteroatoms. The quantitative estimate of drug-likeness (QED) is 0.537. The summed E-state index contributed by atoms with van der Waals surface area (Å²) in [6.07, 6.45) is 3.74. The Balaban J connectivity index is 1.61. The van der Waals surface area contributed by atoms with Crippen molar-refractivity contribution < 1.29 is 4.79 Å². The van der Waals surface area contributed by atoms with Gasteiger partial charge >= 0.3 is 5.69 Å². The first-order valence-corrected chi connectivity index (χ1v) is 10.5. The maximum Gasteiger partial charge on any atom is 0.352 e. The average Bonchev–Trinajstić information content (AvgIpc) is 3.58. The fourth-order valence-corrected chi connectivity index (χ4v) is 3.93. The first-order chi connectivity index (χ1) is 15.0. The number of benzene rings is 3. The predicted octanol–water partition coefficient (Wildman–Crippen LogP) is 4.56. The van der Waals surface area contributed by atoms with E-state index in [1.165, 1.54) is 0 Å². The van der Waals surface area contributed by atoms with E-state index in [-0.39, 0.29) is 11.6 Å². The molecule has 1 fully saturated rings. The standard InChI is InChI=1S/C26H23N3O2/c1-16-7-8-19(25(30)28-21-10-11-21)14-22(16)18-9-12-24-20(13-18)15-27-26(31)29(24)23-6-4-3-5-17(23)2/h3-9,12-15,21H,10-11H2,1-2H3,(H,28,30). The lowest BCUT2D eigenvalue weighted by Gasteiger charge is -2.14. The van der Waals surface area contributed by atoms with E-state index in [1.54, 1.807) is 10.8 Å². The third-order valence-electron chi connectivity index (χ3n) is 5.85. The zero-order valence-electron chi connectivity index (χ0n) is 17.6. The molecule has 1 saturated carbocycles. The highest BCUT2D eigenvalue weighted by Crippen LogP contribution is 2.29. The molecular formula is C26H23N3O2. The summed E-state index contributed by atoms with van der Waals surface area (Å²) in [4.78, 5) is 29.2. The van der Waals surface area contributed by atoms with Gasteiger partial charge in [-0.05, 0) is 79.3 Å². The largest absolute Gasteiger partial charge is 0.352 e. The van der Waals surface area contributed by atoms with Crippen LogP contribution in [0.15, 0.2) is 71.7 Å². The van der Waals surface area contributed by atoms with Gasteiger partial charge in [-0.2, -0.15) is 0 Å². The van der Waals surface area contributed by atoms with Crippen LogP contribution in [-0.2, 0) is 0 Å². The Morgan fingerprint density at radius 3 is 2.58 bits per heavy atom. The molecule has 154 valence electrons. The number of para-hydroxylation sites is 1. The molecule has 0 bridgehead atoms. The molecule has 1 amide bonds. The lowest BCUT2D eigenvalue weighted by atomic mass is 9.96. The van der Waals surface area contributed by atoms with Crippen molar-refractivity contribution in [3.05, 3.63) is 94.0 Å². The van der Waals surface area contributed by atoms with Crippen LogP contribution in [0.4, 0.5) is 0 Å². The van der Waals surface area contributed by atoms with Gasteiger partial charge < -0.3 is 5.32 Å². The predicted molar refractivity (Wildman–Crippen MR) is 123 cm³/mol. The van der Waals surface area contributed by atoms with Gasteiger partial charge in [-0.15, -0.1) is 0 Å². The maximum atomic E-state index is 12.6. The number of rotatable bonds is 4. The summed E-state index contributed by atoms with van der Waals surface area (Å²) in [5.74, 6) is -0.0282. The molecule has 1 aliphatic rings. The second-order valence-electron chi connectivity index (χ2n) is 8.21. The summed E-state index contributed by atoms with van der Waals surface area (Å²) >= 11 is 0. The van der Waals surface area contributed by atoms with Gasteiger partial charge in [0, 0.05) is 23.2 Å².